The summed E-state index contributed by atoms with van der Waals surface area (Å²) in [5, 5.41) is 21.9. The highest BCUT2D eigenvalue weighted by Gasteiger charge is 2.23. The number of rotatable bonds is 4. The lowest BCUT2D eigenvalue weighted by molar-refractivity contribution is 0.483. The van der Waals surface area contributed by atoms with Crippen LogP contribution in [-0.2, 0) is 13.0 Å². The van der Waals surface area contributed by atoms with E-state index in [0.29, 0.717) is 17.8 Å². The van der Waals surface area contributed by atoms with Crippen LogP contribution in [0.25, 0.3) is 11.3 Å². The van der Waals surface area contributed by atoms with Gasteiger partial charge in [-0.3, -0.25) is 0 Å². The van der Waals surface area contributed by atoms with E-state index in [0.717, 1.165) is 61.2 Å². The third kappa shape index (κ3) is 4.20. The number of benzene rings is 3. The van der Waals surface area contributed by atoms with E-state index >= 15 is 0 Å². The molecule has 2 aliphatic heterocycles. The molecular weight excluding hydrogens is 436 g/mol. The fourth-order valence-electron chi connectivity index (χ4n) is 4.74. The van der Waals surface area contributed by atoms with Crippen LogP contribution in [0.2, 0.25) is 0 Å². The number of hydrogen-bond donors (Lipinski definition) is 2. The minimum Gasteiger partial charge on any atom is -0.457 e. The van der Waals surface area contributed by atoms with Crippen molar-refractivity contribution in [2.24, 2.45) is 0 Å². The largest absolute Gasteiger partial charge is 0.457 e. The van der Waals surface area contributed by atoms with Gasteiger partial charge < -0.3 is 20.3 Å². The van der Waals surface area contributed by atoms with E-state index in [-0.39, 0.29) is 0 Å². The number of nitriles is 1. The molecule has 0 amide bonds. The van der Waals surface area contributed by atoms with Crippen LogP contribution in [-0.4, -0.2) is 36.0 Å². The highest BCUT2D eigenvalue weighted by atomic mass is 16.5. The van der Waals surface area contributed by atoms with Gasteiger partial charge in [-0.05, 0) is 60.5 Å². The summed E-state index contributed by atoms with van der Waals surface area (Å²) in [5.74, 6) is 2.28. The summed E-state index contributed by atoms with van der Waals surface area (Å²) in [6, 6.07) is 26.4. The number of nitrogens with one attached hydrogen (secondary N) is 2. The Labute approximate surface area is 204 Å². The van der Waals surface area contributed by atoms with Crippen molar-refractivity contribution in [3.63, 3.8) is 0 Å². The van der Waals surface area contributed by atoms with Crippen molar-refractivity contribution in [3.05, 3.63) is 83.9 Å². The molecule has 1 fully saturated rings. The first-order chi connectivity index (χ1) is 17.3. The molecule has 4 aromatic rings. The number of nitrogens with zero attached hydrogens (tertiary/aromatic N) is 4. The van der Waals surface area contributed by atoms with Crippen LogP contribution in [0.4, 0.5) is 17.2 Å². The predicted molar refractivity (Wildman–Crippen MR) is 137 cm³/mol. The molecule has 2 N–H and O–H groups in total. The smallest absolute Gasteiger partial charge is 0.147 e. The van der Waals surface area contributed by atoms with E-state index < -0.39 is 0 Å². The monoisotopic (exact) mass is 462 g/mol. The molecule has 0 unspecified atom stereocenters. The second kappa shape index (κ2) is 9.16. The Morgan fingerprint density at radius 1 is 0.886 bits per heavy atom. The number of aromatic nitrogens is 2. The molecular formula is C28H26N6O. The third-order valence-electron chi connectivity index (χ3n) is 6.59. The molecule has 1 aromatic heterocycles. The van der Waals surface area contributed by atoms with Gasteiger partial charge in [0, 0.05) is 49.7 Å². The molecule has 35 heavy (non-hydrogen) atoms. The SMILES string of the molecule is N#Cc1c(-c2ccc(Oc3ccccc3)cc2)nn2c1Nc1cc(N3CCNCC3)ccc1CC2. The van der Waals surface area contributed by atoms with Gasteiger partial charge in [0.25, 0.3) is 0 Å². The Morgan fingerprint density at radius 3 is 2.43 bits per heavy atom. The fraction of sp³-hybridized carbons (Fsp3) is 0.214. The lowest BCUT2D eigenvalue weighted by Gasteiger charge is -2.30. The maximum atomic E-state index is 10.1. The molecule has 1 saturated heterocycles. The zero-order valence-electron chi connectivity index (χ0n) is 19.4. The van der Waals surface area contributed by atoms with E-state index in [1.165, 1.54) is 11.3 Å². The number of para-hydroxylation sites is 1. The topological polar surface area (TPSA) is 78.1 Å². The van der Waals surface area contributed by atoms with Crippen molar-refractivity contribution in [3.8, 4) is 28.8 Å². The minimum absolute atomic E-state index is 0.558. The molecule has 3 heterocycles. The summed E-state index contributed by atoms with van der Waals surface area (Å²) in [7, 11) is 0. The normalized spacial score (nSPS) is 14.8. The first-order valence-corrected chi connectivity index (χ1v) is 12.0. The Bertz CT molecular complexity index is 1380. The summed E-state index contributed by atoms with van der Waals surface area (Å²) < 4.78 is 7.84. The lowest BCUT2D eigenvalue weighted by atomic mass is 10.1. The van der Waals surface area contributed by atoms with Gasteiger partial charge in [-0.15, -0.1) is 0 Å². The second-order valence-electron chi connectivity index (χ2n) is 8.80. The molecule has 0 aliphatic carbocycles. The van der Waals surface area contributed by atoms with Crippen molar-refractivity contribution >= 4 is 17.2 Å². The van der Waals surface area contributed by atoms with Gasteiger partial charge in [-0.2, -0.15) is 10.4 Å². The van der Waals surface area contributed by atoms with Gasteiger partial charge in [-0.25, -0.2) is 4.68 Å². The van der Waals surface area contributed by atoms with Crippen molar-refractivity contribution in [2.45, 2.75) is 13.0 Å². The summed E-state index contributed by atoms with van der Waals surface area (Å²) in [6.45, 7) is 4.69. The van der Waals surface area contributed by atoms with Crippen LogP contribution in [0.15, 0.2) is 72.8 Å². The van der Waals surface area contributed by atoms with E-state index in [2.05, 4.69) is 39.8 Å². The van der Waals surface area contributed by atoms with Crippen LogP contribution in [0.3, 0.4) is 0 Å². The first-order valence-electron chi connectivity index (χ1n) is 12.0. The van der Waals surface area contributed by atoms with Crippen molar-refractivity contribution in [2.75, 3.05) is 36.4 Å². The molecule has 174 valence electrons. The molecule has 0 atom stereocenters. The lowest BCUT2D eigenvalue weighted by Crippen LogP contribution is -2.43. The van der Waals surface area contributed by atoms with Gasteiger partial charge >= 0.3 is 0 Å². The Morgan fingerprint density at radius 2 is 1.66 bits per heavy atom. The second-order valence-corrected chi connectivity index (χ2v) is 8.80. The quantitative estimate of drug-likeness (QED) is 0.448. The highest BCUT2D eigenvalue weighted by Crippen LogP contribution is 2.36. The Kier molecular flexibility index (Phi) is 5.57. The zero-order chi connectivity index (χ0) is 23.6. The number of hydrogen-bond acceptors (Lipinski definition) is 6. The molecule has 3 aromatic carbocycles. The zero-order valence-corrected chi connectivity index (χ0v) is 19.4. The van der Waals surface area contributed by atoms with Gasteiger partial charge in [0.15, 0.2) is 0 Å². The average molecular weight is 463 g/mol. The molecule has 6 rings (SSSR count). The van der Waals surface area contributed by atoms with Crippen molar-refractivity contribution in [1.29, 1.82) is 5.26 Å². The van der Waals surface area contributed by atoms with Crippen LogP contribution >= 0.6 is 0 Å². The molecule has 0 radical (unpaired) electrons. The standard InChI is InChI=1S/C28H26N6O/c29-19-25-27(21-7-10-24(11-8-21)35-23-4-2-1-3-5-23)32-34-15-12-20-6-9-22(18-26(20)31-28(25)34)33-16-13-30-14-17-33/h1-11,18,30-31H,12-17H2. The fourth-order valence-corrected chi connectivity index (χ4v) is 4.74. The summed E-state index contributed by atoms with van der Waals surface area (Å²) in [6.07, 6.45) is 0.854. The molecule has 7 nitrogen and oxygen atoms in total. The van der Waals surface area contributed by atoms with Crippen LogP contribution in [0, 0.1) is 11.3 Å². The minimum atomic E-state index is 0.558. The molecule has 0 spiro atoms. The summed E-state index contributed by atoms with van der Waals surface area (Å²) >= 11 is 0. The van der Waals surface area contributed by atoms with E-state index in [1.807, 2.05) is 59.3 Å². The summed E-state index contributed by atoms with van der Waals surface area (Å²) in [4.78, 5) is 2.40. The van der Waals surface area contributed by atoms with Crippen molar-refractivity contribution in [1.82, 2.24) is 15.1 Å². The third-order valence-corrected chi connectivity index (χ3v) is 6.59. The molecule has 0 saturated carbocycles. The maximum Gasteiger partial charge on any atom is 0.147 e. The number of fused-ring (bicyclic) bond motifs is 2. The van der Waals surface area contributed by atoms with Crippen LogP contribution in [0.5, 0.6) is 11.5 Å². The predicted octanol–water partition coefficient (Wildman–Crippen LogP) is 4.92. The molecule has 2 aliphatic rings. The maximum absolute atomic E-state index is 10.1. The van der Waals surface area contributed by atoms with Gasteiger partial charge in [0.2, 0.25) is 0 Å². The van der Waals surface area contributed by atoms with E-state index in [9.17, 15) is 5.26 Å². The van der Waals surface area contributed by atoms with Gasteiger partial charge in [0.1, 0.15) is 34.6 Å². The number of aryl methyl sites for hydroxylation is 2. The first kappa shape index (κ1) is 21.3. The Balaban J connectivity index is 1.29. The highest BCUT2D eigenvalue weighted by molar-refractivity contribution is 5.78. The van der Waals surface area contributed by atoms with Gasteiger partial charge in [0.05, 0.1) is 0 Å². The Hall–Kier alpha value is -4.28. The molecule has 7 heteroatoms. The van der Waals surface area contributed by atoms with Crippen LogP contribution < -0.4 is 20.3 Å². The van der Waals surface area contributed by atoms with Crippen molar-refractivity contribution < 1.29 is 4.74 Å². The summed E-state index contributed by atoms with van der Waals surface area (Å²) in [5.41, 5.74) is 5.62. The van der Waals surface area contributed by atoms with E-state index in [1.54, 1.807) is 0 Å². The van der Waals surface area contributed by atoms with E-state index in [4.69, 9.17) is 9.84 Å². The number of ether oxygens (including phenoxy) is 1. The van der Waals surface area contributed by atoms with Crippen LogP contribution in [0.1, 0.15) is 11.1 Å². The van der Waals surface area contributed by atoms with Gasteiger partial charge in [-0.1, -0.05) is 24.3 Å². The molecule has 0 bridgehead atoms. The average Bonchev–Trinajstić information content (AvgIpc) is 3.16. The number of piperazine rings is 1. The number of anilines is 3.